The number of likely N-dealkylation sites (tertiary alicyclic amines) is 1. The third kappa shape index (κ3) is 4.66. The lowest BCUT2D eigenvalue weighted by atomic mass is 9.95. The normalized spacial score (nSPS) is 17.9. The maximum atomic E-state index is 13.1. The lowest BCUT2D eigenvalue weighted by Crippen LogP contribution is -2.38. The highest BCUT2D eigenvalue weighted by atomic mass is 35.5. The molecule has 1 heterocycles. The first-order valence-corrected chi connectivity index (χ1v) is 11.1. The van der Waals surface area contributed by atoms with Crippen molar-refractivity contribution in [2.75, 3.05) is 33.3 Å². The van der Waals surface area contributed by atoms with E-state index in [9.17, 15) is 14.7 Å². The number of rotatable bonds is 8. The lowest BCUT2D eigenvalue weighted by Gasteiger charge is -2.28. The molecular weight excluding hydrogens is 428 g/mol. The van der Waals surface area contributed by atoms with Crippen LogP contribution in [-0.2, 0) is 9.59 Å². The topological polar surface area (TPSA) is 70.1 Å². The van der Waals surface area contributed by atoms with Crippen LogP contribution >= 0.6 is 11.6 Å². The molecule has 32 heavy (non-hydrogen) atoms. The number of hydrogen-bond acceptors (Lipinski definition) is 5. The lowest BCUT2D eigenvalue weighted by molar-refractivity contribution is -0.140. The summed E-state index contributed by atoms with van der Waals surface area (Å²) in [5, 5.41) is 11.7. The van der Waals surface area contributed by atoms with E-state index in [4.69, 9.17) is 16.3 Å². The fourth-order valence-corrected chi connectivity index (χ4v) is 4.20. The Morgan fingerprint density at radius 3 is 2.34 bits per heavy atom. The molecule has 6 nitrogen and oxygen atoms in total. The molecule has 1 saturated heterocycles. The summed E-state index contributed by atoms with van der Waals surface area (Å²) in [6.07, 6.45) is 0. The summed E-state index contributed by atoms with van der Waals surface area (Å²) < 4.78 is 5.29. The summed E-state index contributed by atoms with van der Waals surface area (Å²) >= 11 is 6.07. The predicted octanol–water partition coefficient (Wildman–Crippen LogP) is 4.42. The Hall–Kier alpha value is -2.83. The molecular formula is C25H29ClN2O4. The first-order chi connectivity index (χ1) is 15.3. The highest BCUT2D eigenvalue weighted by Crippen LogP contribution is 2.40. The van der Waals surface area contributed by atoms with Gasteiger partial charge in [-0.2, -0.15) is 0 Å². The number of methoxy groups -OCH3 is 1. The van der Waals surface area contributed by atoms with Crippen LogP contribution in [0.4, 0.5) is 0 Å². The van der Waals surface area contributed by atoms with Crippen molar-refractivity contribution in [3.63, 3.8) is 0 Å². The van der Waals surface area contributed by atoms with Gasteiger partial charge in [-0.25, -0.2) is 0 Å². The van der Waals surface area contributed by atoms with Gasteiger partial charge in [0, 0.05) is 23.7 Å². The van der Waals surface area contributed by atoms with Crippen LogP contribution < -0.4 is 4.74 Å². The smallest absolute Gasteiger partial charge is 0.295 e. The molecule has 7 heteroatoms. The standard InChI is InChI=1S/C25H29ClN2O4/c1-5-27(6-2)13-14-28-22(17-7-10-19(26)11-8-17)21(24(30)25(28)31)23(29)18-9-12-20(32-4)16(3)15-18/h7-12,15,22,29H,5-6,13-14H2,1-4H3/b23-21+/t22-/m1/s1. The van der Waals surface area contributed by atoms with Crippen molar-refractivity contribution >= 4 is 29.1 Å². The van der Waals surface area contributed by atoms with E-state index in [1.807, 2.05) is 6.92 Å². The van der Waals surface area contributed by atoms with E-state index >= 15 is 0 Å². The Balaban J connectivity index is 2.10. The molecule has 2 aromatic rings. The van der Waals surface area contributed by atoms with Crippen LogP contribution in [0.25, 0.3) is 5.76 Å². The van der Waals surface area contributed by atoms with Crippen molar-refractivity contribution in [3.05, 3.63) is 69.8 Å². The largest absolute Gasteiger partial charge is 0.507 e. The number of amides is 1. The molecule has 0 spiro atoms. The van der Waals surface area contributed by atoms with E-state index in [2.05, 4.69) is 18.7 Å². The Kier molecular flexibility index (Phi) is 7.59. The van der Waals surface area contributed by atoms with Crippen molar-refractivity contribution in [2.24, 2.45) is 0 Å². The quantitative estimate of drug-likeness (QED) is 0.361. The van der Waals surface area contributed by atoms with Crippen molar-refractivity contribution in [1.29, 1.82) is 0 Å². The molecule has 0 radical (unpaired) electrons. The number of ketones is 1. The second kappa shape index (κ2) is 10.2. The fourth-order valence-electron chi connectivity index (χ4n) is 4.07. The second-order valence-corrected chi connectivity index (χ2v) is 8.19. The van der Waals surface area contributed by atoms with Gasteiger partial charge in [0.15, 0.2) is 0 Å². The third-order valence-electron chi connectivity index (χ3n) is 5.95. The van der Waals surface area contributed by atoms with Gasteiger partial charge in [-0.05, 0) is 61.5 Å². The maximum Gasteiger partial charge on any atom is 0.295 e. The van der Waals surface area contributed by atoms with E-state index in [1.54, 1.807) is 54.5 Å². The number of aryl methyl sites for hydroxylation is 1. The van der Waals surface area contributed by atoms with E-state index in [1.165, 1.54) is 0 Å². The number of hydrogen-bond donors (Lipinski definition) is 1. The van der Waals surface area contributed by atoms with Gasteiger partial charge in [-0.3, -0.25) is 9.59 Å². The Morgan fingerprint density at radius 1 is 1.12 bits per heavy atom. The zero-order valence-corrected chi connectivity index (χ0v) is 19.6. The van der Waals surface area contributed by atoms with Crippen LogP contribution in [0.3, 0.4) is 0 Å². The Labute approximate surface area is 194 Å². The van der Waals surface area contributed by atoms with Crippen molar-refractivity contribution < 1.29 is 19.4 Å². The molecule has 2 aromatic carbocycles. The fraction of sp³-hybridized carbons (Fsp3) is 0.360. The molecule has 1 aliphatic rings. The average molecular weight is 457 g/mol. The highest BCUT2D eigenvalue weighted by molar-refractivity contribution is 6.46. The molecule has 1 aliphatic heterocycles. The van der Waals surface area contributed by atoms with Gasteiger partial charge in [0.2, 0.25) is 0 Å². The summed E-state index contributed by atoms with van der Waals surface area (Å²) in [6.45, 7) is 8.66. The third-order valence-corrected chi connectivity index (χ3v) is 6.20. The summed E-state index contributed by atoms with van der Waals surface area (Å²) in [5.41, 5.74) is 2.08. The number of Topliss-reactive ketones (excluding diaryl/α,β-unsaturated/α-hetero) is 1. The number of aliphatic hydroxyl groups excluding tert-OH is 1. The molecule has 0 aliphatic carbocycles. The number of carbonyl (C=O) groups excluding carboxylic acids is 2. The van der Waals surface area contributed by atoms with Gasteiger partial charge in [-0.1, -0.05) is 37.6 Å². The van der Waals surface area contributed by atoms with Gasteiger partial charge in [-0.15, -0.1) is 0 Å². The molecule has 1 amide bonds. The number of likely N-dealkylation sites (N-methyl/N-ethyl adjacent to an activating group) is 1. The number of nitrogens with zero attached hydrogens (tertiary/aromatic N) is 2. The van der Waals surface area contributed by atoms with Crippen LogP contribution in [0.5, 0.6) is 5.75 Å². The SMILES string of the molecule is CCN(CC)CCN1C(=O)C(=O)/C(=C(/O)c2ccc(OC)c(C)c2)[C@H]1c1ccc(Cl)cc1. The average Bonchev–Trinajstić information content (AvgIpc) is 3.04. The first-order valence-electron chi connectivity index (χ1n) is 10.7. The zero-order valence-electron chi connectivity index (χ0n) is 18.9. The highest BCUT2D eigenvalue weighted by Gasteiger charge is 2.45. The van der Waals surface area contributed by atoms with Crippen LogP contribution in [0, 0.1) is 6.92 Å². The zero-order chi connectivity index (χ0) is 23.4. The minimum absolute atomic E-state index is 0.0847. The monoisotopic (exact) mass is 456 g/mol. The number of carbonyl (C=O) groups is 2. The van der Waals surface area contributed by atoms with Crippen LogP contribution in [-0.4, -0.2) is 59.9 Å². The minimum atomic E-state index is -0.690. The molecule has 3 rings (SSSR count). The molecule has 170 valence electrons. The van der Waals surface area contributed by atoms with Crippen molar-refractivity contribution in [2.45, 2.75) is 26.8 Å². The van der Waals surface area contributed by atoms with Gasteiger partial charge < -0.3 is 19.6 Å². The summed E-state index contributed by atoms with van der Waals surface area (Å²) in [7, 11) is 1.57. The van der Waals surface area contributed by atoms with Crippen LogP contribution in [0.15, 0.2) is 48.0 Å². The van der Waals surface area contributed by atoms with E-state index in [-0.39, 0.29) is 11.3 Å². The van der Waals surface area contributed by atoms with E-state index in [0.29, 0.717) is 29.4 Å². The number of halogens is 1. The molecule has 1 atom stereocenters. The summed E-state index contributed by atoms with van der Waals surface area (Å²) in [5.74, 6) is -0.811. The van der Waals surface area contributed by atoms with Crippen LogP contribution in [0.2, 0.25) is 5.02 Å². The predicted molar refractivity (Wildman–Crippen MR) is 126 cm³/mol. The summed E-state index contributed by atoms with van der Waals surface area (Å²) in [6, 6.07) is 11.5. The number of benzene rings is 2. The minimum Gasteiger partial charge on any atom is -0.507 e. The second-order valence-electron chi connectivity index (χ2n) is 7.76. The van der Waals surface area contributed by atoms with E-state index < -0.39 is 17.7 Å². The van der Waals surface area contributed by atoms with Gasteiger partial charge in [0.05, 0.1) is 18.7 Å². The first kappa shape index (κ1) is 23.8. The van der Waals surface area contributed by atoms with Crippen molar-refractivity contribution in [1.82, 2.24) is 9.80 Å². The number of aliphatic hydroxyl groups is 1. The van der Waals surface area contributed by atoms with E-state index in [0.717, 1.165) is 24.2 Å². The molecule has 0 unspecified atom stereocenters. The Bertz CT molecular complexity index is 1030. The van der Waals surface area contributed by atoms with Crippen molar-refractivity contribution in [3.8, 4) is 5.75 Å². The van der Waals surface area contributed by atoms with Crippen LogP contribution in [0.1, 0.15) is 36.6 Å². The van der Waals surface area contributed by atoms with Gasteiger partial charge in [0.25, 0.3) is 11.7 Å². The molecule has 1 fully saturated rings. The molecule has 1 N–H and O–H groups in total. The maximum absolute atomic E-state index is 13.1. The van der Waals surface area contributed by atoms with Gasteiger partial charge >= 0.3 is 0 Å². The Morgan fingerprint density at radius 2 is 1.78 bits per heavy atom. The molecule has 0 saturated carbocycles. The summed E-state index contributed by atoms with van der Waals surface area (Å²) in [4.78, 5) is 29.9. The van der Waals surface area contributed by atoms with Gasteiger partial charge in [0.1, 0.15) is 11.5 Å². The molecule has 0 aromatic heterocycles. The molecule has 0 bridgehead atoms. The number of ether oxygens (including phenoxy) is 1.